The second-order valence-corrected chi connectivity index (χ2v) is 8.43. The van der Waals surface area contributed by atoms with Gasteiger partial charge in [-0.05, 0) is 53.1 Å². The molecule has 0 heterocycles. The standard InChI is InChI=1S/C21H30IN3O4S/c1-2-17(26)10-11-20(28)25-18(14-30)21(29)24-13-12-23-19(27)5-3-4-15-6-8-16(22)9-7-15/h6-9,18,30H,2-5,10-14H2,1H3,(H,23,27)(H,24,29)(H,25,28). The Morgan fingerprint density at radius 1 is 0.967 bits per heavy atom. The van der Waals surface area contributed by atoms with Crippen LogP contribution in [-0.4, -0.2) is 48.4 Å². The number of carbonyl (C=O) groups excluding carboxylic acids is 4. The van der Waals surface area contributed by atoms with Crippen LogP contribution in [-0.2, 0) is 25.6 Å². The maximum Gasteiger partial charge on any atom is 0.243 e. The fourth-order valence-electron chi connectivity index (χ4n) is 2.59. The Kier molecular flexibility index (Phi) is 13.4. The fraction of sp³-hybridized carbons (Fsp3) is 0.524. The van der Waals surface area contributed by atoms with Crippen molar-refractivity contribution in [2.75, 3.05) is 18.8 Å². The average molecular weight is 547 g/mol. The quantitative estimate of drug-likeness (QED) is 0.163. The number of nitrogens with one attached hydrogen (secondary N) is 3. The van der Waals surface area contributed by atoms with Crippen LogP contribution >= 0.6 is 35.2 Å². The monoisotopic (exact) mass is 547 g/mol. The highest BCUT2D eigenvalue weighted by Gasteiger charge is 2.19. The van der Waals surface area contributed by atoms with Crippen LogP contribution in [0.4, 0.5) is 0 Å². The summed E-state index contributed by atoms with van der Waals surface area (Å²) in [7, 11) is 0. The van der Waals surface area contributed by atoms with Gasteiger partial charge in [-0.3, -0.25) is 19.2 Å². The minimum atomic E-state index is -0.776. The highest BCUT2D eigenvalue weighted by atomic mass is 127. The number of carbonyl (C=O) groups is 4. The second-order valence-electron chi connectivity index (χ2n) is 6.82. The van der Waals surface area contributed by atoms with Gasteiger partial charge in [0.15, 0.2) is 0 Å². The molecule has 1 unspecified atom stereocenters. The van der Waals surface area contributed by atoms with E-state index in [1.807, 2.05) is 12.1 Å². The number of hydrogen-bond acceptors (Lipinski definition) is 5. The molecular formula is C21H30IN3O4S. The van der Waals surface area contributed by atoms with Crippen LogP contribution in [0, 0.1) is 3.57 Å². The van der Waals surface area contributed by atoms with Gasteiger partial charge >= 0.3 is 0 Å². The molecule has 0 aliphatic rings. The lowest BCUT2D eigenvalue weighted by atomic mass is 10.1. The Hall–Kier alpha value is -1.62. The smallest absolute Gasteiger partial charge is 0.243 e. The third kappa shape index (κ3) is 11.5. The van der Waals surface area contributed by atoms with Crippen molar-refractivity contribution < 1.29 is 19.2 Å². The predicted molar refractivity (Wildman–Crippen MR) is 128 cm³/mol. The number of hydrogen-bond donors (Lipinski definition) is 4. The molecule has 0 fully saturated rings. The number of thiol groups is 1. The summed E-state index contributed by atoms with van der Waals surface area (Å²) in [6.07, 6.45) is 2.63. The number of halogens is 1. The summed E-state index contributed by atoms with van der Waals surface area (Å²) < 4.78 is 1.18. The van der Waals surface area contributed by atoms with Crippen LogP contribution in [0.2, 0.25) is 0 Å². The Labute approximate surface area is 197 Å². The van der Waals surface area contributed by atoms with E-state index in [0.717, 1.165) is 12.8 Å². The van der Waals surface area contributed by atoms with Crippen molar-refractivity contribution in [1.82, 2.24) is 16.0 Å². The number of amides is 3. The van der Waals surface area contributed by atoms with E-state index in [-0.39, 0.29) is 48.6 Å². The molecule has 1 aromatic rings. The molecule has 0 aromatic heterocycles. The van der Waals surface area contributed by atoms with E-state index in [4.69, 9.17) is 0 Å². The highest BCUT2D eigenvalue weighted by molar-refractivity contribution is 14.1. The number of benzene rings is 1. The molecule has 166 valence electrons. The van der Waals surface area contributed by atoms with Crippen LogP contribution in [0.1, 0.15) is 44.6 Å². The van der Waals surface area contributed by atoms with Gasteiger partial charge in [0.1, 0.15) is 11.8 Å². The van der Waals surface area contributed by atoms with Crippen molar-refractivity contribution in [2.45, 2.75) is 51.5 Å². The molecule has 30 heavy (non-hydrogen) atoms. The third-order valence-corrected chi connectivity index (χ3v) is 5.47. The molecule has 0 spiro atoms. The Balaban J connectivity index is 2.18. The molecule has 0 radical (unpaired) electrons. The number of Topliss-reactive ketones (excluding diaryl/α,β-unsaturated/α-hetero) is 1. The molecule has 1 atom stereocenters. The zero-order valence-corrected chi connectivity index (χ0v) is 20.3. The van der Waals surface area contributed by atoms with Crippen molar-refractivity contribution >= 4 is 58.7 Å². The van der Waals surface area contributed by atoms with Gasteiger partial charge in [0.05, 0.1) is 0 Å². The van der Waals surface area contributed by atoms with Crippen LogP contribution in [0.15, 0.2) is 24.3 Å². The van der Waals surface area contributed by atoms with Gasteiger partial charge in [-0.25, -0.2) is 0 Å². The summed E-state index contributed by atoms with van der Waals surface area (Å²) in [5.41, 5.74) is 1.20. The lowest BCUT2D eigenvalue weighted by molar-refractivity contribution is -0.129. The van der Waals surface area contributed by atoms with Crippen molar-refractivity contribution in [1.29, 1.82) is 0 Å². The first-order valence-electron chi connectivity index (χ1n) is 10.1. The maximum atomic E-state index is 12.1. The molecule has 0 aliphatic carbocycles. The molecular weight excluding hydrogens is 517 g/mol. The van der Waals surface area contributed by atoms with Gasteiger partial charge in [0, 0.05) is 48.1 Å². The summed E-state index contributed by atoms with van der Waals surface area (Å²) in [4.78, 5) is 47.2. The molecule has 0 aliphatic heterocycles. The molecule has 0 saturated heterocycles. The van der Waals surface area contributed by atoms with Gasteiger partial charge in [0.25, 0.3) is 0 Å². The van der Waals surface area contributed by atoms with E-state index in [1.165, 1.54) is 9.13 Å². The molecule has 0 saturated carbocycles. The first-order chi connectivity index (χ1) is 14.3. The largest absolute Gasteiger partial charge is 0.354 e. The third-order valence-electron chi connectivity index (χ3n) is 4.39. The minimum Gasteiger partial charge on any atom is -0.354 e. The number of aryl methyl sites for hydroxylation is 1. The second kappa shape index (κ2) is 15.2. The van der Waals surface area contributed by atoms with E-state index in [9.17, 15) is 19.2 Å². The maximum absolute atomic E-state index is 12.1. The van der Waals surface area contributed by atoms with Gasteiger partial charge < -0.3 is 16.0 Å². The van der Waals surface area contributed by atoms with Crippen LogP contribution in [0.25, 0.3) is 0 Å². The van der Waals surface area contributed by atoms with E-state index >= 15 is 0 Å². The van der Waals surface area contributed by atoms with E-state index < -0.39 is 6.04 Å². The van der Waals surface area contributed by atoms with Crippen LogP contribution < -0.4 is 16.0 Å². The Morgan fingerprint density at radius 3 is 2.27 bits per heavy atom. The summed E-state index contributed by atoms with van der Waals surface area (Å²) in [5, 5.41) is 8.02. The SMILES string of the molecule is CCC(=O)CCC(=O)NC(CS)C(=O)NCCNC(=O)CCCc1ccc(I)cc1. The Bertz CT molecular complexity index is 713. The first-order valence-corrected chi connectivity index (χ1v) is 11.8. The summed E-state index contributed by atoms with van der Waals surface area (Å²) in [6.45, 7) is 2.31. The Morgan fingerprint density at radius 2 is 1.63 bits per heavy atom. The topological polar surface area (TPSA) is 104 Å². The fourth-order valence-corrected chi connectivity index (χ4v) is 3.21. The van der Waals surface area contributed by atoms with Crippen molar-refractivity contribution in [2.24, 2.45) is 0 Å². The average Bonchev–Trinajstić information content (AvgIpc) is 2.74. The zero-order valence-electron chi connectivity index (χ0n) is 17.2. The number of rotatable bonds is 14. The summed E-state index contributed by atoms with van der Waals surface area (Å²) in [5.74, 6) is -0.634. The van der Waals surface area contributed by atoms with Gasteiger partial charge in [0.2, 0.25) is 17.7 Å². The molecule has 0 bridgehead atoms. The van der Waals surface area contributed by atoms with Crippen molar-refractivity contribution in [3.63, 3.8) is 0 Å². The normalized spacial score (nSPS) is 11.4. The first kappa shape index (κ1) is 26.4. The summed E-state index contributed by atoms with van der Waals surface area (Å²) >= 11 is 6.35. The lowest BCUT2D eigenvalue weighted by Gasteiger charge is -2.16. The van der Waals surface area contributed by atoms with Gasteiger partial charge in [-0.2, -0.15) is 12.6 Å². The molecule has 3 amide bonds. The zero-order chi connectivity index (χ0) is 22.4. The molecule has 3 N–H and O–H groups in total. The number of ketones is 1. The summed E-state index contributed by atoms with van der Waals surface area (Å²) in [6, 6.07) is 7.44. The predicted octanol–water partition coefficient (Wildman–Crippen LogP) is 2.02. The van der Waals surface area contributed by atoms with E-state index in [2.05, 4.69) is 63.3 Å². The van der Waals surface area contributed by atoms with Gasteiger partial charge in [-0.1, -0.05) is 19.1 Å². The van der Waals surface area contributed by atoms with Gasteiger partial charge in [-0.15, -0.1) is 0 Å². The lowest BCUT2D eigenvalue weighted by Crippen LogP contribution is -2.49. The van der Waals surface area contributed by atoms with Crippen molar-refractivity contribution in [3.05, 3.63) is 33.4 Å². The van der Waals surface area contributed by atoms with Crippen LogP contribution in [0.5, 0.6) is 0 Å². The molecule has 1 aromatic carbocycles. The van der Waals surface area contributed by atoms with Crippen molar-refractivity contribution in [3.8, 4) is 0 Å². The molecule has 7 nitrogen and oxygen atoms in total. The molecule has 9 heteroatoms. The highest BCUT2D eigenvalue weighted by Crippen LogP contribution is 2.09. The van der Waals surface area contributed by atoms with Crippen LogP contribution in [0.3, 0.4) is 0 Å². The molecule has 1 rings (SSSR count). The minimum absolute atomic E-state index is 0.00584. The van der Waals surface area contributed by atoms with E-state index in [0.29, 0.717) is 19.4 Å². The van der Waals surface area contributed by atoms with E-state index in [1.54, 1.807) is 6.92 Å².